The summed E-state index contributed by atoms with van der Waals surface area (Å²) in [5.41, 5.74) is 2.28. The maximum atomic E-state index is 12.3. The molecule has 0 bridgehead atoms. The van der Waals surface area contributed by atoms with Crippen molar-refractivity contribution in [1.29, 1.82) is 0 Å². The molecule has 0 aliphatic heterocycles. The van der Waals surface area contributed by atoms with Crippen molar-refractivity contribution in [3.05, 3.63) is 29.3 Å². The van der Waals surface area contributed by atoms with E-state index >= 15 is 0 Å². The molecular formula is C42H77O2PS2Zn. The van der Waals surface area contributed by atoms with Gasteiger partial charge >= 0.3 is 19.5 Å². The first-order valence-corrected chi connectivity index (χ1v) is 24.5. The summed E-state index contributed by atoms with van der Waals surface area (Å²) in [5.74, 6) is 0.739. The Balaban J connectivity index is 0.0000221. The van der Waals surface area contributed by atoms with Crippen LogP contribution < -0.4 is 9.42 Å². The fraction of sp³-hybridized carbons (Fsp3) is 0.857. The van der Waals surface area contributed by atoms with Crippen molar-refractivity contribution in [2.24, 2.45) is 0 Å². The van der Waals surface area contributed by atoms with Gasteiger partial charge in [0.1, 0.15) is 0 Å². The molecule has 48 heavy (non-hydrogen) atoms. The maximum absolute atomic E-state index is 12.3. The fourth-order valence-electron chi connectivity index (χ4n) is 6.99. The molecule has 0 aliphatic carbocycles. The molecule has 0 radical (unpaired) electrons. The van der Waals surface area contributed by atoms with Gasteiger partial charge in [0.25, 0.3) is 0 Å². The van der Waals surface area contributed by atoms with E-state index in [1.54, 1.807) is 0 Å². The van der Waals surface area contributed by atoms with E-state index in [1.165, 1.54) is 193 Å². The van der Waals surface area contributed by atoms with Crippen LogP contribution in [0.5, 0.6) is 5.75 Å². The predicted octanol–water partition coefficient (Wildman–Crippen LogP) is 14.8. The third kappa shape index (κ3) is 31.5. The van der Waals surface area contributed by atoms with E-state index in [0.29, 0.717) is 0 Å². The van der Waals surface area contributed by atoms with Gasteiger partial charge in [-0.15, -0.1) is 6.12 Å². The molecule has 0 N–H and O–H groups in total. The Bertz CT molecular complexity index is 750. The van der Waals surface area contributed by atoms with Crippen molar-refractivity contribution in [3.63, 3.8) is 0 Å². The van der Waals surface area contributed by atoms with Crippen LogP contribution in [0.1, 0.15) is 230 Å². The largest absolute Gasteiger partial charge is 2.00 e. The Morgan fingerprint density at radius 3 is 0.896 bits per heavy atom. The number of rotatable bonds is 36. The first-order valence-electron chi connectivity index (χ1n) is 20.8. The average Bonchev–Trinajstić information content (AvgIpc) is 3.04. The molecule has 0 amide bonds. The SMILES string of the molecule is CCCCCCCCCCCCCCCCCCc1cccc(CCCCCCCCCCCCCCCCCC)c1O[P+]([O-])([S-])[S-].[Zn+2]. The Morgan fingerprint density at radius 1 is 0.438 bits per heavy atom. The molecule has 0 saturated heterocycles. The van der Waals surface area contributed by atoms with Crippen LogP contribution in [0.2, 0.25) is 0 Å². The summed E-state index contributed by atoms with van der Waals surface area (Å²) < 4.78 is 5.81. The number of unbranched alkanes of at least 4 members (excludes halogenated alkanes) is 30. The van der Waals surface area contributed by atoms with Crippen LogP contribution in [0.15, 0.2) is 18.2 Å². The number of benzene rings is 1. The summed E-state index contributed by atoms with van der Waals surface area (Å²) in [6.45, 7) is 4.58. The van der Waals surface area contributed by atoms with Crippen LogP contribution in [-0.2, 0) is 56.8 Å². The van der Waals surface area contributed by atoms with Gasteiger partial charge < -0.3 is 33.9 Å². The van der Waals surface area contributed by atoms with E-state index in [4.69, 9.17) is 29.0 Å². The monoisotopic (exact) mass is 772 g/mol. The summed E-state index contributed by atoms with van der Waals surface area (Å²) in [4.78, 5) is 12.3. The number of para-hydroxylation sites is 1. The molecule has 0 spiro atoms. The van der Waals surface area contributed by atoms with Crippen molar-refractivity contribution >= 4 is 30.6 Å². The Hall–Kier alpha value is 0.733. The maximum Gasteiger partial charge on any atom is 2.00 e. The number of aryl methyl sites for hydroxylation is 2. The molecule has 0 heterocycles. The first kappa shape index (κ1) is 48.7. The number of hydrogen-bond acceptors (Lipinski definition) is 4. The van der Waals surface area contributed by atoms with Gasteiger partial charge in [-0.1, -0.05) is 225 Å². The zero-order chi connectivity index (χ0) is 34.1. The Labute approximate surface area is 324 Å². The summed E-state index contributed by atoms with van der Waals surface area (Å²) in [7, 11) is 0. The second-order valence-electron chi connectivity index (χ2n) is 14.6. The van der Waals surface area contributed by atoms with E-state index in [2.05, 4.69) is 32.0 Å². The minimum absolute atomic E-state index is 0. The van der Waals surface area contributed by atoms with Crippen LogP contribution in [0.3, 0.4) is 0 Å². The van der Waals surface area contributed by atoms with Crippen LogP contribution in [0, 0.1) is 0 Å². The molecule has 2 nitrogen and oxygen atoms in total. The van der Waals surface area contributed by atoms with E-state index in [0.717, 1.165) is 42.6 Å². The minimum Gasteiger partial charge on any atom is -0.682 e. The average molecular weight is 775 g/mol. The Morgan fingerprint density at radius 2 is 0.667 bits per heavy atom. The van der Waals surface area contributed by atoms with Gasteiger partial charge in [-0.25, -0.2) is 0 Å². The van der Waals surface area contributed by atoms with Gasteiger partial charge in [-0.05, 0) is 36.8 Å². The standard InChI is InChI=1S/C42H79O2PS2.Zn/c1-3-5-7-9-11-13-15-17-19-21-23-25-27-29-31-33-36-40-38-35-39-41(42(40)44-45(43,46)47)37-34-32-30-28-26-24-22-20-18-16-14-12-10-8-6-4-2;/h35,38-39H,3-34,36-37H2,1-2H3,(H2,43,46,47);/q;+2/p-2. The molecule has 1 aromatic rings. The van der Waals surface area contributed by atoms with Gasteiger partial charge in [0.05, 0.1) is 0 Å². The third-order valence-corrected chi connectivity index (χ3v) is 10.8. The van der Waals surface area contributed by atoms with Crippen molar-refractivity contribution < 1.29 is 28.9 Å². The molecule has 0 aliphatic rings. The molecule has 0 fully saturated rings. The molecule has 0 aromatic heterocycles. The smallest absolute Gasteiger partial charge is 0.682 e. The van der Waals surface area contributed by atoms with Gasteiger partial charge in [-0.3, -0.25) is 0 Å². The van der Waals surface area contributed by atoms with Crippen LogP contribution in [0.25, 0.3) is 0 Å². The topological polar surface area (TPSA) is 32.3 Å². The molecule has 276 valence electrons. The molecule has 6 heteroatoms. The van der Waals surface area contributed by atoms with E-state index in [9.17, 15) is 4.89 Å². The van der Waals surface area contributed by atoms with Gasteiger partial charge in [0.2, 0.25) is 0 Å². The zero-order valence-corrected chi connectivity index (χ0v) is 37.6. The summed E-state index contributed by atoms with van der Waals surface area (Å²) in [6.07, 6.45) is 42.4. The van der Waals surface area contributed by atoms with Crippen molar-refractivity contribution in [2.45, 2.75) is 232 Å². The van der Waals surface area contributed by atoms with Crippen LogP contribution >= 0.6 is 6.12 Å². The number of hydrogen-bond donors (Lipinski definition) is 0. The fourth-order valence-corrected chi connectivity index (χ4v) is 7.89. The molecule has 0 unspecified atom stereocenters. The minimum atomic E-state index is -3.43. The van der Waals surface area contributed by atoms with Crippen LogP contribution in [0.4, 0.5) is 0 Å². The summed E-state index contributed by atoms with van der Waals surface area (Å²) in [6, 6.07) is 6.38. The van der Waals surface area contributed by atoms with Gasteiger partial charge in [-0.2, -0.15) is 0 Å². The molecule has 1 aromatic carbocycles. The Kier molecular flexibility index (Phi) is 36.7. The van der Waals surface area contributed by atoms with Crippen molar-refractivity contribution in [3.8, 4) is 5.75 Å². The predicted molar refractivity (Wildman–Crippen MR) is 215 cm³/mol. The van der Waals surface area contributed by atoms with Crippen LogP contribution in [-0.4, -0.2) is 0 Å². The molecule has 0 saturated carbocycles. The van der Waals surface area contributed by atoms with E-state index in [-0.39, 0.29) is 19.5 Å². The van der Waals surface area contributed by atoms with Gasteiger partial charge in [0, 0.05) is 0 Å². The molecule has 0 atom stereocenters. The third-order valence-electron chi connectivity index (χ3n) is 9.98. The van der Waals surface area contributed by atoms with Gasteiger partial charge in [0.15, 0.2) is 5.75 Å². The zero-order valence-electron chi connectivity index (χ0n) is 32.1. The second-order valence-corrected chi connectivity index (χ2v) is 19.2. The van der Waals surface area contributed by atoms with Crippen molar-refractivity contribution in [1.82, 2.24) is 0 Å². The quantitative estimate of drug-likeness (QED) is 0.0294. The van der Waals surface area contributed by atoms with Crippen molar-refractivity contribution in [2.75, 3.05) is 0 Å². The first-order chi connectivity index (χ1) is 23.0. The van der Waals surface area contributed by atoms with E-state index in [1.807, 2.05) is 0 Å². The normalized spacial score (nSPS) is 11.6. The summed E-state index contributed by atoms with van der Waals surface area (Å²) >= 11 is 10.1. The second kappa shape index (κ2) is 36.1. The van der Waals surface area contributed by atoms with E-state index < -0.39 is 6.12 Å². The summed E-state index contributed by atoms with van der Waals surface area (Å²) in [5, 5.41) is 0. The molecule has 1 rings (SSSR count). The molecular weight excluding hydrogens is 697 g/mol.